The fourth-order valence-electron chi connectivity index (χ4n) is 2.67. The number of anilines is 1. The molecule has 1 N–H and O–H groups in total. The molecule has 1 aromatic carbocycles. The van der Waals surface area contributed by atoms with E-state index in [1.807, 2.05) is 18.2 Å². The van der Waals surface area contributed by atoms with Gasteiger partial charge in [0.15, 0.2) is 11.9 Å². The van der Waals surface area contributed by atoms with Gasteiger partial charge in [-0.05, 0) is 32.9 Å². The Labute approximate surface area is 145 Å². The van der Waals surface area contributed by atoms with Crippen molar-refractivity contribution in [3.63, 3.8) is 0 Å². The summed E-state index contributed by atoms with van der Waals surface area (Å²) in [6.07, 6.45) is -0.414. The summed E-state index contributed by atoms with van der Waals surface area (Å²) in [5.74, 6) is 1.15. The van der Waals surface area contributed by atoms with Gasteiger partial charge in [-0.2, -0.15) is 4.98 Å². The molecule has 2 heterocycles. The molecule has 2 amide bonds. The van der Waals surface area contributed by atoms with Gasteiger partial charge in [-0.15, -0.1) is 0 Å². The van der Waals surface area contributed by atoms with E-state index in [4.69, 9.17) is 9.26 Å². The van der Waals surface area contributed by atoms with Crippen LogP contribution in [0.3, 0.4) is 0 Å². The Morgan fingerprint density at radius 1 is 1.40 bits per heavy atom. The first-order chi connectivity index (χ1) is 12.0. The molecule has 25 heavy (non-hydrogen) atoms. The Balaban J connectivity index is 1.62. The Kier molecular flexibility index (Phi) is 4.69. The molecule has 132 valence electrons. The second kappa shape index (κ2) is 6.92. The molecule has 8 nitrogen and oxygen atoms in total. The summed E-state index contributed by atoms with van der Waals surface area (Å²) in [6.45, 7) is 5.45. The van der Waals surface area contributed by atoms with Gasteiger partial charge in [0.1, 0.15) is 11.8 Å². The van der Waals surface area contributed by atoms with Crippen LogP contribution < -0.4 is 15.0 Å². The number of nitrogens with zero attached hydrogens (tertiary/aromatic N) is 3. The van der Waals surface area contributed by atoms with Crippen molar-refractivity contribution in [2.45, 2.75) is 39.3 Å². The summed E-state index contributed by atoms with van der Waals surface area (Å²) < 4.78 is 10.6. The minimum atomic E-state index is -0.571. The number of para-hydroxylation sites is 2. The maximum atomic E-state index is 12.4. The summed E-state index contributed by atoms with van der Waals surface area (Å²) in [4.78, 5) is 30.3. The number of carbonyl (C=O) groups excluding carboxylic acids is 2. The molecule has 3 rings (SSSR count). The highest BCUT2D eigenvalue weighted by atomic mass is 16.5. The van der Waals surface area contributed by atoms with Gasteiger partial charge in [-0.1, -0.05) is 17.3 Å². The number of hydrogen-bond donors (Lipinski definition) is 1. The molecular formula is C17H20N4O4. The molecule has 0 saturated carbocycles. The quantitative estimate of drug-likeness (QED) is 0.887. The molecule has 1 aromatic heterocycles. The maximum Gasteiger partial charge on any atom is 0.267 e. The first-order valence-corrected chi connectivity index (χ1v) is 8.12. The van der Waals surface area contributed by atoms with Crippen molar-refractivity contribution in [3.8, 4) is 5.75 Å². The predicted octanol–water partition coefficient (Wildman–Crippen LogP) is 1.76. The van der Waals surface area contributed by atoms with Crippen LogP contribution in [0, 0.1) is 6.92 Å². The lowest BCUT2D eigenvalue weighted by Crippen LogP contribution is -2.45. The van der Waals surface area contributed by atoms with E-state index in [1.165, 1.54) is 0 Å². The standard InChI is InChI=1S/C17H20N4O4/c1-10(16-19-12(3)20-25-16)18-15(22)8-9-21-13-6-4-5-7-14(13)24-11(2)17(21)23/h4-7,10-11H,8-9H2,1-3H3,(H,18,22). The maximum absolute atomic E-state index is 12.4. The van der Waals surface area contributed by atoms with Crippen LogP contribution in [0.5, 0.6) is 5.75 Å². The minimum Gasteiger partial charge on any atom is -0.479 e. The lowest BCUT2D eigenvalue weighted by atomic mass is 10.1. The third-order valence-corrected chi connectivity index (χ3v) is 3.93. The van der Waals surface area contributed by atoms with E-state index in [9.17, 15) is 9.59 Å². The number of carbonyl (C=O) groups is 2. The largest absolute Gasteiger partial charge is 0.479 e. The highest BCUT2D eigenvalue weighted by Crippen LogP contribution is 2.33. The van der Waals surface area contributed by atoms with Gasteiger partial charge >= 0.3 is 0 Å². The van der Waals surface area contributed by atoms with Crippen molar-refractivity contribution < 1.29 is 18.8 Å². The fraction of sp³-hybridized carbons (Fsp3) is 0.412. The van der Waals surface area contributed by atoms with E-state index in [1.54, 1.807) is 31.7 Å². The average molecular weight is 344 g/mol. The summed E-state index contributed by atoms with van der Waals surface area (Å²) >= 11 is 0. The normalized spacial score (nSPS) is 17.6. The number of aryl methyl sites for hydroxylation is 1. The van der Waals surface area contributed by atoms with Crippen molar-refractivity contribution in [1.82, 2.24) is 15.5 Å². The highest BCUT2D eigenvalue weighted by molar-refractivity contribution is 6.00. The molecule has 8 heteroatoms. The van der Waals surface area contributed by atoms with Crippen LogP contribution in [0.25, 0.3) is 0 Å². The Hall–Kier alpha value is -2.90. The monoisotopic (exact) mass is 344 g/mol. The van der Waals surface area contributed by atoms with Crippen LogP contribution in [0.2, 0.25) is 0 Å². The van der Waals surface area contributed by atoms with Gasteiger partial charge in [0, 0.05) is 13.0 Å². The van der Waals surface area contributed by atoms with Gasteiger partial charge in [0.25, 0.3) is 5.91 Å². The van der Waals surface area contributed by atoms with Crippen LogP contribution in [-0.4, -0.2) is 34.6 Å². The summed E-state index contributed by atoms with van der Waals surface area (Å²) in [6, 6.07) is 6.91. The molecule has 0 aliphatic carbocycles. The van der Waals surface area contributed by atoms with Crippen molar-refractivity contribution in [1.29, 1.82) is 0 Å². The molecule has 2 atom stereocenters. The highest BCUT2D eigenvalue weighted by Gasteiger charge is 2.31. The first kappa shape index (κ1) is 16.9. The molecule has 0 saturated heterocycles. The molecule has 0 spiro atoms. The summed E-state index contributed by atoms with van der Waals surface area (Å²) in [7, 11) is 0. The predicted molar refractivity (Wildman–Crippen MR) is 89.1 cm³/mol. The average Bonchev–Trinajstić information content (AvgIpc) is 3.02. The number of aromatic nitrogens is 2. The van der Waals surface area contributed by atoms with Crippen LogP contribution in [0.15, 0.2) is 28.8 Å². The smallest absolute Gasteiger partial charge is 0.267 e. The lowest BCUT2D eigenvalue weighted by Gasteiger charge is -2.32. The zero-order valence-corrected chi connectivity index (χ0v) is 14.4. The van der Waals surface area contributed by atoms with Crippen LogP contribution in [0.1, 0.15) is 38.0 Å². The van der Waals surface area contributed by atoms with Gasteiger partial charge in [-0.25, -0.2) is 0 Å². The van der Waals surface area contributed by atoms with Gasteiger partial charge < -0.3 is 19.5 Å². The second-order valence-electron chi connectivity index (χ2n) is 5.94. The van der Waals surface area contributed by atoms with Crippen LogP contribution >= 0.6 is 0 Å². The zero-order valence-electron chi connectivity index (χ0n) is 14.4. The first-order valence-electron chi connectivity index (χ1n) is 8.12. The topological polar surface area (TPSA) is 97.6 Å². The molecule has 1 aliphatic rings. The van der Waals surface area contributed by atoms with Crippen LogP contribution in [-0.2, 0) is 9.59 Å². The summed E-state index contributed by atoms with van der Waals surface area (Å²) in [5.41, 5.74) is 0.680. The third-order valence-electron chi connectivity index (χ3n) is 3.93. The number of rotatable bonds is 5. The number of nitrogens with one attached hydrogen (secondary N) is 1. The lowest BCUT2D eigenvalue weighted by molar-refractivity contribution is -0.125. The number of hydrogen-bond acceptors (Lipinski definition) is 6. The molecule has 1 aliphatic heterocycles. The van der Waals surface area contributed by atoms with E-state index in [0.717, 1.165) is 0 Å². The van der Waals surface area contributed by atoms with Gasteiger partial charge in [0.2, 0.25) is 11.8 Å². The van der Waals surface area contributed by atoms with Crippen LogP contribution in [0.4, 0.5) is 5.69 Å². The molecule has 2 unspecified atom stereocenters. The molecule has 0 radical (unpaired) electrons. The molecule has 0 fully saturated rings. The Morgan fingerprint density at radius 3 is 2.88 bits per heavy atom. The van der Waals surface area contributed by atoms with Crippen molar-refractivity contribution >= 4 is 17.5 Å². The minimum absolute atomic E-state index is 0.157. The van der Waals surface area contributed by atoms with E-state index in [0.29, 0.717) is 23.2 Å². The van der Waals surface area contributed by atoms with E-state index in [-0.39, 0.29) is 30.8 Å². The summed E-state index contributed by atoms with van der Waals surface area (Å²) in [5, 5.41) is 6.50. The number of ether oxygens (including phenoxy) is 1. The fourth-order valence-corrected chi connectivity index (χ4v) is 2.67. The van der Waals surface area contributed by atoms with Gasteiger partial charge in [-0.3, -0.25) is 9.59 Å². The SMILES string of the molecule is Cc1noc(C(C)NC(=O)CCN2C(=O)C(C)Oc3ccccc32)n1. The number of benzene rings is 1. The Bertz CT molecular complexity index is 788. The van der Waals surface area contributed by atoms with Crippen molar-refractivity contribution in [2.24, 2.45) is 0 Å². The molecular weight excluding hydrogens is 324 g/mol. The van der Waals surface area contributed by atoms with E-state index in [2.05, 4.69) is 15.5 Å². The number of amides is 2. The molecule has 2 aromatic rings. The van der Waals surface area contributed by atoms with E-state index >= 15 is 0 Å². The second-order valence-corrected chi connectivity index (χ2v) is 5.94. The Morgan fingerprint density at radius 2 is 2.16 bits per heavy atom. The van der Waals surface area contributed by atoms with Crippen molar-refractivity contribution in [2.75, 3.05) is 11.4 Å². The van der Waals surface area contributed by atoms with Gasteiger partial charge in [0.05, 0.1) is 5.69 Å². The van der Waals surface area contributed by atoms with Crippen molar-refractivity contribution in [3.05, 3.63) is 36.0 Å². The van der Waals surface area contributed by atoms with E-state index < -0.39 is 6.10 Å². The third kappa shape index (κ3) is 3.62. The molecule has 0 bridgehead atoms. The zero-order chi connectivity index (χ0) is 18.0. The number of fused-ring (bicyclic) bond motifs is 1.